The topological polar surface area (TPSA) is 34.0 Å². The highest BCUT2D eigenvalue weighted by atomic mass is 15.3. The second-order valence-corrected chi connectivity index (χ2v) is 11.8. The molecule has 46 heavy (non-hydrogen) atoms. The number of rotatable bonds is 3. The summed E-state index contributed by atoms with van der Waals surface area (Å²) in [6, 6.07) is 55.9. The SMILES string of the molecule is c1ccc(-c2nc(N3c4ccccc4-c4cccc5cc6c7ccccc7n(-c7ccccc7)c6c3c45)nc3ccccc23)cc1. The molecule has 0 N–H and O–H groups in total. The van der Waals surface area contributed by atoms with Crippen molar-refractivity contribution in [3.05, 3.63) is 158 Å². The van der Waals surface area contributed by atoms with Crippen molar-refractivity contribution in [1.82, 2.24) is 14.5 Å². The summed E-state index contributed by atoms with van der Waals surface area (Å²) in [6.07, 6.45) is 0. The molecule has 0 spiro atoms. The van der Waals surface area contributed by atoms with Gasteiger partial charge in [0.25, 0.3) is 0 Å². The summed E-state index contributed by atoms with van der Waals surface area (Å²) in [6.45, 7) is 0. The van der Waals surface area contributed by atoms with E-state index in [1.807, 2.05) is 6.07 Å². The minimum absolute atomic E-state index is 0.651. The van der Waals surface area contributed by atoms with Gasteiger partial charge < -0.3 is 4.57 Å². The van der Waals surface area contributed by atoms with E-state index >= 15 is 0 Å². The summed E-state index contributed by atoms with van der Waals surface area (Å²) >= 11 is 0. The van der Waals surface area contributed by atoms with Crippen LogP contribution in [0, 0.1) is 0 Å². The quantitative estimate of drug-likeness (QED) is 0.206. The van der Waals surface area contributed by atoms with E-state index in [9.17, 15) is 0 Å². The van der Waals surface area contributed by atoms with Crippen LogP contribution in [0.15, 0.2) is 158 Å². The molecule has 7 aromatic carbocycles. The van der Waals surface area contributed by atoms with Crippen molar-refractivity contribution >= 4 is 60.8 Å². The predicted octanol–water partition coefficient (Wildman–Crippen LogP) is 11.0. The molecule has 0 amide bonds. The molecule has 214 valence electrons. The molecule has 4 nitrogen and oxygen atoms in total. The average Bonchev–Trinajstić information content (AvgIpc) is 3.46. The maximum absolute atomic E-state index is 5.42. The number of nitrogens with zero attached hydrogens (tertiary/aromatic N) is 4. The molecule has 0 radical (unpaired) electrons. The van der Waals surface area contributed by atoms with Crippen molar-refractivity contribution in [3.63, 3.8) is 0 Å². The Morgan fingerprint density at radius 1 is 0.500 bits per heavy atom. The van der Waals surface area contributed by atoms with Crippen molar-refractivity contribution in [1.29, 1.82) is 0 Å². The van der Waals surface area contributed by atoms with E-state index in [-0.39, 0.29) is 0 Å². The fourth-order valence-electron chi connectivity index (χ4n) is 7.37. The molecule has 0 unspecified atom stereocenters. The summed E-state index contributed by atoms with van der Waals surface area (Å²) in [5.74, 6) is 0.651. The Morgan fingerprint density at radius 2 is 1.20 bits per heavy atom. The lowest BCUT2D eigenvalue weighted by molar-refractivity contribution is 1.10. The summed E-state index contributed by atoms with van der Waals surface area (Å²) in [5, 5.41) is 5.84. The van der Waals surface area contributed by atoms with Gasteiger partial charge in [-0.3, -0.25) is 4.90 Å². The zero-order valence-corrected chi connectivity index (χ0v) is 24.8. The maximum atomic E-state index is 5.42. The van der Waals surface area contributed by atoms with Crippen molar-refractivity contribution < 1.29 is 0 Å². The number of hydrogen-bond donors (Lipinski definition) is 0. The minimum Gasteiger partial charge on any atom is -0.307 e. The van der Waals surface area contributed by atoms with E-state index in [2.05, 4.69) is 161 Å². The van der Waals surface area contributed by atoms with Gasteiger partial charge in [0.2, 0.25) is 5.95 Å². The Morgan fingerprint density at radius 3 is 2.07 bits per heavy atom. The molecule has 0 aliphatic carbocycles. The van der Waals surface area contributed by atoms with Crippen molar-refractivity contribution in [2.45, 2.75) is 0 Å². The van der Waals surface area contributed by atoms with E-state index in [1.54, 1.807) is 0 Å². The molecule has 0 saturated carbocycles. The van der Waals surface area contributed by atoms with E-state index in [1.165, 1.54) is 38.2 Å². The van der Waals surface area contributed by atoms with Crippen LogP contribution in [-0.4, -0.2) is 14.5 Å². The molecule has 0 saturated heterocycles. The van der Waals surface area contributed by atoms with Gasteiger partial charge in [0.15, 0.2) is 0 Å². The van der Waals surface area contributed by atoms with Crippen molar-refractivity contribution in [2.75, 3.05) is 4.90 Å². The first-order valence-electron chi connectivity index (χ1n) is 15.6. The molecule has 10 rings (SSSR count). The minimum atomic E-state index is 0.651. The van der Waals surface area contributed by atoms with Crippen LogP contribution in [0.1, 0.15) is 0 Å². The van der Waals surface area contributed by atoms with Gasteiger partial charge >= 0.3 is 0 Å². The Balaban J connectivity index is 1.42. The number of benzene rings is 7. The average molecular weight is 587 g/mol. The molecular weight excluding hydrogens is 560 g/mol. The van der Waals surface area contributed by atoms with Crippen LogP contribution >= 0.6 is 0 Å². The van der Waals surface area contributed by atoms with Crippen LogP contribution in [-0.2, 0) is 0 Å². The summed E-state index contributed by atoms with van der Waals surface area (Å²) in [4.78, 5) is 13.0. The highest BCUT2D eigenvalue weighted by Gasteiger charge is 2.32. The maximum Gasteiger partial charge on any atom is 0.235 e. The summed E-state index contributed by atoms with van der Waals surface area (Å²) < 4.78 is 2.41. The molecule has 9 aromatic rings. The van der Waals surface area contributed by atoms with Gasteiger partial charge in [0.05, 0.1) is 33.6 Å². The van der Waals surface area contributed by atoms with E-state index < -0.39 is 0 Å². The van der Waals surface area contributed by atoms with E-state index in [0.29, 0.717) is 5.95 Å². The fourth-order valence-corrected chi connectivity index (χ4v) is 7.37. The molecule has 1 aliphatic rings. The lowest BCUT2D eigenvalue weighted by Gasteiger charge is -2.33. The van der Waals surface area contributed by atoms with Gasteiger partial charge in [-0.05, 0) is 47.3 Å². The van der Waals surface area contributed by atoms with Gasteiger partial charge in [0.1, 0.15) is 0 Å². The number of aromatic nitrogens is 3. The first-order valence-corrected chi connectivity index (χ1v) is 15.6. The van der Waals surface area contributed by atoms with Crippen molar-refractivity contribution in [2.24, 2.45) is 0 Å². The Labute approximate surface area is 265 Å². The molecule has 0 atom stereocenters. The molecule has 4 heteroatoms. The molecule has 0 bridgehead atoms. The highest BCUT2D eigenvalue weighted by molar-refractivity contribution is 6.26. The molecular formula is C42H26N4. The van der Waals surface area contributed by atoms with E-state index in [4.69, 9.17) is 9.97 Å². The second kappa shape index (κ2) is 9.62. The first kappa shape index (κ1) is 25.1. The number of para-hydroxylation sites is 4. The monoisotopic (exact) mass is 586 g/mol. The van der Waals surface area contributed by atoms with Crippen molar-refractivity contribution in [3.8, 4) is 28.1 Å². The molecule has 0 fully saturated rings. The van der Waals surface area contributed by atoms with Gasteiger partial charge in [-0.2, -0.15) is 0 Å². The normalized spacial score (nSPS) is 12.3. The largest absolute Gasteiger partial charge is 0.307 e. The van der Waals surface area contributed by atoms with Gasteiger partial charge in [0, 0.05) is 38.4 Å². The third-order valence-electron chi connectivity index (χ3n) is 9.28. The first-order chi connectivity index (χ1) is 22.8. The zero-order valence-electron chi connectivity index (χ0n) is 24.8. The summed E-state index contributed by atoms with van der Waals surface area (Å²) in [5.41, 5.74) is 10.9. The van der Waals surface area contributed by atoms with Crippen LogP contribution in [0.25, 0.3) is 71.6 Å². The lowest BCUT2D eigenvalue weighted by atomic mass is 9.90. The standard InChI is InChI=1S/C42H26N4/c1-3-14-27(15-4-1)39-33-21-7-10-23-35(33)43-42(44-39)46-37-25-12-8-19-30(37)32-22-13-16-28-26-34-31-20-9-11-24-36(31)45(29-17-5-2-6-18-29)40(34)41(46)38(28)32/h1-26H. The Hall–Kier alpha value is -6.26. The number of hydrogen-bond acceptors (Lipinski definition) is 3. The zero-order chi connectivity index (χ0) is 30.2. The third-order valence-corrected chi connectivity index (χ3v) is 9.28. The highest BCUT2D eigenvalue weighted by Crippen LogP contribution is 2.54. The second-order valence-electron chi connectivity index (χ2n) is 11.8. The third kappa shape index (κ3) is 3.49. The van der Waals surface area contributed by atoms with Gasteiger partial charge in [-0.25, -0.2) is 9.97 Å². The smallest absolute Gasteiger partial charge is 0.235 e. The Kier molecular flexibility index (Phi) is 5.25. The van der Waals surface area contributed by atoms with Crippen LogP contribution in [0.4, 0.5) is 17.3 Å². The van der Waals surface area contributed by atoms with Crippen LogP contribution < -0.4 is 4.90 Å². The van der Waals surface area contributed by atoms with E-state index in [0.717, 1.165) is 44.7 Å². The van der Waals surface area contributed by atoms with Gasteiger partial charge in [-0.1, -0.05) is 121 Å². The fraction of sp³-hybridized carbons (Fsp3) is 0. The van der Waals surface area contributed by atoms with Crippen LogP contribution in [0.5, 0.6) is 0 Å². The molecule has 1 aliphatic heterocycles. The number of anilines is 3. The van der Waals surface area contributed by atoms with Gasteiger partial charge in [-0.15, -0.1) is 0 Å². The lowest BCUT2D eigenvalue weighted by Crippen LogP contribution is -2.19. The van der Waals surface area contributed by atoms with Crippen LogP contribution in [0.3, 0.4) is 0 Å². The molecule has 2 aromatic heterocycles. The Bertz CT molecular complexity index is 2640. The summed E-state index contributed by atoms with van der Waals surface area (Å²) in [7, 11) is 0. The predicted molar refractivity (Wildman–Crippen MR) is 190 cm³/mol. The molecule has 3 heterocycles. The number of fused-ring (bicyclic) bond motifs is 7. The van der Waals surface area contributed by atoms with Crippen LogP contribution in [0.2, 0.25) is 0 Å².